The topological polar surface area (TPSA) is 38.3 Å². The van der Waals surface area contributed by atoms with Gasteiger partial charge in [-0.1, -0.05) is 52.3 Å². The molecule has 27 heavy (non-hydrogen) atoms. The highest BCUT2D eigenvalue weighted by molar-refractivity contribution is 9.10. The van der Waals surface area contributed by atoms with Gasteiger partial charge in [-0.2, -0.15) is 0 Å². The number of halogens is 1. The number of carbonyl (C=O) groups excluding carboxylic acids is 1. The maximum Gasteiger partial charge on any atom is 0.165 e. The van der Waals surface area contributed by atoms with Crippen LogP contribution in [0.1, 0.15) is 33.9 Å². The van der Waals surface area contributed by atoms with E-state index in [0.29, 0.717) is 12.0 Å². The Balaban J connectivity index is 1.85. The van der Waals surface area contributed by atoms with Gasteiger partial charge in [-0.25, -0.2) is 0 Å². The first kappa shape index (κ1) is 19.2. The van der Waals surface area contributed by atoms with Gasteiger partial charge in [0.1, 0.15) is 5.75 Å². The van der Waals surface area contributed by atoms with E-state index >= 15 is 0 Å². The first-order valence-corrected chi connectivity index (χ1v) is 9.60. The fraction of sp³-hybridized carbons (Fsp3) is 0.174. The number of ether oxygens (including phenoxy) is 1. The van der Waals surface area contributed by atoms with Crippen LogP contribution in [0.3, 0.4) is 0 Å². The maximum atomic E-state index is 12.8. The molecule has 0 spiro atoms. The molecule has 0 heterocycles. The van der Waals surface area contributed by atoms with Crippen LogP contribution in [0.4, 0.5) is 5.69 Å². The van der Waals surface area contributed by atoms with Crippen LogP contribution in [-0.2, 0) is 0 Å². The third kappa shape index (κ3) is 5.20. The lowest BCUT2D eigenvalue weighted by Crippen LogP contribution is -2.16. The van der Waals surface area contributed by atoms with Crippen molar-refractivity contribution in [3.63, 3.8) is 0 Å². The summed E-state index contributed by atoms with van der Waals surface area (Å²) in [5.41, 5.74) is 3.93. The van der Waals surface area contributed by atoms with Crippen molar-refractivity contribution in [2.24, 2.45) is 0 Å². The van der Waals surface area contributed by atoms with E-state index in [4.69, 9.17) is 4.74 Å². The molecular formula is C23H22BrNO2. The van der Waals surface area contributed by atoms with Crippen LogP contribution in [0, 0.1) is 6.92 Å². The summed E-state index contributed by atoms with van der Waals surface area (Å²) in [7, 11) is 1.65. The Bertz CT molecular complexity index is 904. The van der Waals surface area contributed by atoms with Gasteiger partial charge in [0.05, 0.1) is 13.2 Å². The van der Waals surface area contributed by atoms with Crippen molar-refractivity contribution in [1.82, 2.24) is 0 Å². The third-order valence-electron chi connectivity index (χ3n) is 4.43. The Morgan fingerprint density at radius 2 is 1.74 bits per heavy atom. The summed E-state index contributed by atoms with van der Waals surface area (Å²) < 4.78 is 6.21. The first-order valence-electron chi connectivity index (χ1n) is 8.81. The second kappa shape index (κ2) is 8.87. The third-order valence-corrected chi connectivity index (χ3v) is 4.96. The zero-order chi connectivity index (χ0) is 19.2. The van der Waals surface area contributed by atoms with Gasteiger partial charge < -0.3 is 10.1 Å². The van der Waals surface area contributed by atoms with E-state index in [1.54, 1.807) is 7.11 Å². The average molecular weight is 424 g/mol. The van der Waals surface area contributed by atoms with Crippen molar-refractivity contribution in [1.29, 1.82) is 0 Å². The molecule has 0 saturated carbocycles. The van der Waals surface area contributed by atoms with Gasteiger partial charge in [0.2, 0.25) is 0 Å². The number of hydrogen-bond donors (Lipinski definition) is 1. The molecule has 0 saturated heterocycles. The number of nitrogens with one attached hydrogen (secondary N) is 1. The lowest BCUT2D eigenvalue weighted by Gasteiger charge is -2.21. The molecule has 3 aromatic carbocycles. The Hall–Kier alpha value is -2.59. The van der Waals surface area contributed by atoms with Gasteiger partial charge >= 0.3 is 0 Å². The number of rotatable bonds is 7. The highest BCUT2D eigenvalue weighted by Gasteiger charge is 2.18. The minimum Gasteiger partial charge on any atom is -0.497 e. The van der Waals surface area contributed by atoms with E-state index < -0.39 is 0 Å². The summed E-state index contributed by atoms with van der Waals surface area (Å²) >= 11 is 3.41. The molecule has 138 valence electrons. The van der Waals surface area contributed by atoms with Crippen molar-refractivity contribution >= 4 is 27.4 Å². The van der Waals surface area contributed by atoms with Gasteiger partial charge in [-0.05, 0) is 54.4 Å². The second-order valence-electron chi connectivity index (χ2n) is 6.47. The molecule has 1 atom stereocenters. The SMILES string of the molecule is COc1ccc([C@@H](CC(=O)c2ccc(Br)cc2)Nc2cccc(C)c2)cc1. The van der Waals surface area contributed by atoms with E-state index in [2.05, 4.69) is 40.3 Å². The van der Waals surface area contributed by atoms with Crippen LogP contribution in [0.15, 0.2) is 77.3 Å². The van der Waals surface area contributed by atoms with Crippen molar-refractivity contribution in [2.75, 3.05) is 12.4 Å². The summed E-state index contributed by atoms with van der Waals surface area (Å²) in [6.45, 7) is 2.06. The first-order chi connectivity index (χ1) is 13.0. The molecule has 0 amide bonds. The van der Waals surface area contributed by atoms with Crippen LogP contribution in [-0.4, -0.2) is 12.9 Å². The highest BCUT2D eigenvalue weighted by Crippen LogP contribution is 2.27. The number of benzene rings is 3. The molecule has 0 fully saturated rings. The van der Waals surface area contributed by atoms with Crippen LogP contribution in [0.5, 0.6) is 5.75 Å². The number of carbonyl (C=O) groups is 1. The molecule has 0 radical (unpaired) electrons. The predicted molar refractivity (Wildman–Crippen MR) is 114 cm³/mol. The van der Waals surface area contributed by atoms with Gasteiger partial charge in [0, 0.05) is 22.1 Å². The molecule has 0 bridgehead atoms. The molecule has 3 nitrogen and oxygen atoms in total. The summed E-state index contributed by atoms with van der Waals surface area (Å²) in [6, 6.07) is 23.4. The molecule has 0 aromatic heterocycles. The van der Waals surface area contributed by atoms with E-state index in [0.717, 1.165) is 21.5 Å². The number of ketones is 1. The van der Waals surface area contributed by atoms with Crippen LogP contribution in [0.25, 0.3) is 0 Å². The number of Topliss-reactive ketones (excluding diaryl/α,β-unsaturated/α-hetero) is 1. The molecule has 0 unspecified atom stereocenters. The van der Waals surface area contributed by atoms with Crippen LogP contribution in [0.2, 0.25) is 0 Å². The van der Waals surface area contributed by atoms with Crippen LogP contribution >= 0.6 is 15.9 Å². The zero-order valence-electron chi connectivity index (χ0n) is 15.4. The quantitative estimate of drug-likeness (QED) is 0.460. The maximum absolute atomic E-state index is 12.8. The van der Waals surface area contributed by atoms with E-state index in [-0.39, 0.29) is 11.8 Å². The summed E-state index contributed by atoms with van der Waals surface area (Å²) in [6.07, 6.45) is 0.363. The zero-order valence-corrected chi connectivity index (χ0v) is 17.0. The Kier molecular flexibility index (Phi) is 6.30. The molecule has 4 heteroatoms. The standard InChI is InChI=1S/C23H22BrNO2/c1-16-4-3-5-20(14-16)25-22(17-8-12-21(27-2)13-9-17)15-23(26)18-6-10-19(24)11-7-18/h3-14,22,25H,15H2,1-2H3/t22-/m1/s1. The minimum absolute atomic E-state index is 0.100. The van der Waals surface area contributed by atoms with E-state index in [1.165, 1.54) is 5.56 Å². The summed E-state index contributed by atoms with van der Waals surface area (Å²) in [5.74, 6) is 0.899. The Labute approximate surface area is 168 Å². The number of aryl methyl sites for hydroxylation is 1. The van der Waals surface area contributed by atoms with E-state index in [1.807, 2.05) is 60.7 Å². The van der Waals surface area contributed by atoms with Gasteiger partial charge in [-0.15, -0.1) is 0 Å². The molecule has 1 N–H and O–H groups in total. The van der Waals surface area contributed by atoms with Crippen LogP contribution < -0.4 is 10.1 Å². The molecule has 0 aliphatic heterocycles. The Morgan fingerprint density at radius 3 is 2.37 bits per heavy atom. The van der Waals surface area contributed by atoms with Crippen molar-refractivity contribution in [3.05, 3.63) is 94.0 Å². The van der Waals surface area contributed by atoms with Gasteiger partial charge in [0.15, 0.2) is 5.78 Å². The summed E-state index contributed by atoms with van der Waals surface area (Å²) in [5, 5.41) is 3.51. The van der Waals surface area contributed by atoms with E-state index in [9.17, 15) is 4.79 Å². The van der Waals surface area contributed by atoms with Gasteiger partial charge in [-0.3, -0.25) is 4.79 Å². The highest BCUT2D eigenvalue weighted by atomic mass is 79.9. The lowest BCUT2D eigenvalue weighted by molar-refractivity contribution is 0.0976. The fourth-order valence-electron chi connectivity index (χ4n) is 2.96. The predicted octanol–water partition coefficient (Wildman–Crippen LogP) is 6.19. The minimum atomic E-state index is -0.131. The van der Waals surface area contributed by atoms with Crippen molar-refractivity contribution in [3.8, 4) is 5.75 Å². The fourth-order valence-corrected chi connectivity index (χ4v) is 3.23. The second-order valence-corrected chi connectivity index (χ2v) is 7.39. The average Bonchev–Trinajstić information content (AvgIpc) is 2.68. The normalized spacial score (nSPS) is 11.7. The molecule has 0 aliphatic carbocycles. The monoisotopic (exact) mass is 423 g/mol. The van der Waals surface area contributed by atoms with Crippen molar-refractivity contribution < 1.29 is 9.53 Å². The number of methoxy groups -OCH3 is 1. The largest absolute Gasteiger partial charge is 0.497 e. The molecule has 3 aromatic rings. The smallest absolute Gasteiger partial charge is 0.165 e. The lowest BCUT2D eigenvalue weighted by atomic mass is 9.97. The molecule has 0 aliphatic rings. The van der Waals surface area contributed by atoms with Crippen molar-refractivity contribution in [2.45, 2.75) is 19.4 Å². The Morgan fingerprint density at radius 1 is 1.04 bits per heavy atom. The number of anilines is 1. The molecular weight excluding hydrogens is 402 g/mol. The van der Waals surface area contributed by atoms with Gasteiger partial charge in [0.25, 0.3) is 0 Å². The summed E-state index contributed by atoms with van der Waals surface area (Å²) in [4.78, 5) is 12.8. The number of hydrogen-bond acceptors (Lipinski definition) is 3. The molecule has 3 rings (SSSR count).